The number of carbonyl (C=O) groups excluding carboxylic acids is 1. The molecule has 2 heterocycles. The van der Waals surface area contributed by atoms with Gasteiger partial charge in [-0.1, -0.05) is 32.0 Å². The van der Waals surface area contributed by atoms with Crippen molar-refractivity contribution in [2.45, 2.75) is 66.2 Å². The van der Waals surface area contributed by atoms with E-state index in [1.807, 2.05) is 22.9 Å². The van der Waals surface area contributed by atoms with Crippen molar-refractivity contribution in [1.82, 2.24) is 19.7 Å². The number of nitrogens with one attached hydrogen (secondary N) is 2. The van der Waals surface area contributed by atoms with Crippen LogP contribution in [0.1, 0.15) is 64.8 Å². The second kappa shape index (κ2) is 9.95. The topological polar surface area (TPSA) is 114 Å². The minimum atomic E-state index is -0.538. The van der Waals surface area contributed by atoms with Gasteiger partial charge in [-0.05, 0) is 32.8 Å². The van der Waals surface area contributed by atoms with E-state index in [0.717, 1.165) is 22.3 Å². The van der Waals surface area contributed by atoms with Gasteiger partial charge in [-0.25, -0.2) is 4.98 Å². The minimum absolute atomic E-state index is 0.110. The number of aliphatic hydroxyl groups is 1. The number of ether oxygens (including phenoxy) is 1. The van der Waals surface area contributed by atoms with Gasteiger partial charge in [0.2, 0.25) is 5.95 Å². The summed E-state index contributed by atoms with van der Waals surface area (Å²) in [4.78, 5) is 20.9. The fraction of sp³-hybridized carbons (Fsp3) is 0.478. The maximum Gasteiger partial charge on any atom is 0.308 e. The zero-order chi connectivity index (χ0) is 23.4. The van der Waals surface area contributed by atoms with Crippen LogP contribution < -0.4 is 15.4 Å². The third kappa shape index (κ3) is 5.34. The number of benzene rings is 1. The first-order chi connectivity index (χ1) is 15.2. The molecule has 1 aromatic carbocycles. The van der Waals surface area contributed by atoms with Crippen LogP contribution in [0.5, 0.6) is 5.75 Å². The van der Waals surface area contributed by atoms with Gasteiger partial charge in [0.15, 0.2) is 5.82 Å². The second-order valence-corrected chi connectivity index (χ2v) is 8.46. The molecular weight excluding hydrogens is 408 g/mol. The molecule has 9 heteroatoms. The lowest BCUT2D eigenvalue weighted by molar-refractivity contribution is -0.131. The maximum absolute atomic E-state index is 11.5. The Morgan fingerprint density at radius 1 is 1.12 bits per heavy atom. The summed E-state index contributed by atoms with van der Waals surface area (Å²) in [5.41, 5.74) is 3.30. The molecule has 9 nitrogen and oxygen atoms in total. The van der Waals surface area contributed by atoms with Gasteiger partial charge >= 0.3 is 5.97 Å². The Kier molecular flexibility index (Phi) is 7.29. The van der Waals surface area contributed by atoms with E-state index in [4.69, 9.17) is 14.8 Å². The number of nitrogens with zero attached hydrogens (tertiary/aromatic N) is 4. The summed E-state index contributed by atoms with van der Waals surface area (Å²) in [6.07, 6.45) is -0.538. The molecule has 1 atom stereocenters. The molecule has 0 amide bonds. The molecule has 0 radical (unpaired) electrons. The molecule has 0 aliphatic rings. The number of hydrogen-bond donors (Lipinski definition) is 3. The molecule has 1 unspecified atom stereocenters. The molecule has 172 valence electrons. The molecule has 0 aliphatic heterocycles. The number of rotatable bonds is 9. The van der Waals surface area contributed by atoms with Crippen LogP contribution in [0.15, 0.2) is 24.3 Å². The van der Waals surface area contributed by atoms with Crippen molar-refractivity contribution in [1.29, 1.82) is 0 Å². The van der Waals surface area contributed by atoms with Crippen molar-refractivity contribution in [2.24, 2.45) is 0 Å². The molecule has 0 saturated carbocycles. The number of aromatic nitrogens is 4. The Balaban J connectivity index is 2.06. The average Bonchev–Trinajstić information content (AvgIpc) is 3.11. The number of para-hydroxylation sites is 1. The van der Waals surface area contributed by atoms with Crippen LogP contribution in [0.4, 0.5) is 11.8 Å². The van der Waals surface area contributed by atoms with Crippen LogP contribution in [0.25, 0.3) is 11.0 Å². The molecule has 3 rings (SSSR count). The van der Waals surface area contributed by atoms with Crippen LogP contribution >= 0.6 is 0 Å². The predicted molar refractivity (Wildman–Crippen MR) is 125 cm³/mol. The van der Waals surface area contributed by atoms with E-state index in [9.17, 15) is 9.90 Å². The molecule has 3 N–H and O–H groups in total. The van der Waals surface area contributed by atoms with E-state index in [1.54, 1.807) is 13.0 Å². The lowest BCUT2D eigenvalue weighted by atomic mass is 10.1. The molecule has 0 bridgehead atoms. The Labute approximate surface area is 188 Å². The molecule has 0 saturated heterocycles. The lowest BCUT2D eigenvalue weighted by Crippen LogP contribution is -2.18. The summed E-state index contributed by atoms with van der Waals surface area (Å²) in [7, 11) is 0. The third-order valence-electron chi connectivity index (χ3n) is 4.84. The van der Waals surface area contributed by atoms with E-state index in [-0.39, 0.29) is 17.9 Å². The first-order valence-corrected chi connectivity index (χ1v) is 10.9. The van der Waals surface area contributed by atoms with Gasteiger partial charge in [-0.15, -0.1) is 0 Å². The fourth-order valence-corrected chi connectivity index (χ4v) is 3.35. The number of anilines is 2. The van der Waals surface area contributed by atoms with E-state index in [2.05, 4.69) is 43.3 Å². The molecule has 0 spiro atoms. The van der Waals surface area contributed by atoms with Crippen LogP contribution in [0.3, 0.4) is 0 Å². The summed E-state index contributed by atoms with van der Waals surface area (Å²) in [5.74, 6) is 1.35. The zero-order valence-corrected chi connectivity index (χ0v) is 19.5. The summed E-state index contributed by atoms with van der Waals surface area (Å²) in [5, 5.41) is 21.0. The normalized spacial score (nSPS) is 12.4. The van der Waals surface area contributed by atoms with E-state index in [0.29, 0.717) is 30.6 Å². The van der Waals surface area contributed by atoms with Crippen LogP contribution in [0.2, 0.25) is 0 Å². The molecule has 2 aromatic heterocycles. The summed E-state index contributed by atoms with van der Waals surface area (Å²) in [6.45, 7) is 12.1. The van der Waals surface area contributed by atoms with Crippen LogP contribution in [-0.2, 0) is 11.3 Å². The van der Waals surface area contributed by atoms with E-state index in [1.165, 1.54) is 6.92 Å². The van der Waals surface area contributed by atoms with Gasteiger partial charge < -0.3 is 20.5 Å². The predicted octanol–water partition coefficient (Wildman–Crippen LogP) is 3.86. The minimum Gasteiger partial charge on any atom is -0.426 e. The van der Waals surface area contributed by atoms with Crippen molar-refractivity contribution in [3.8, 4) is 5.75 Å². The highest BCUT2D eigenvalue weighted by Gasteiger charge is 2.22. The molecule has 32 heavy (non-hydrogen) atoms. The molecule has 0 fully saturated rings. The Morgan fingerprint density at radius 2 is 1.84 bits per heavy atom. The summed E-state index contributed by atoms with van der Waals surface area (Å²) < 4.78 is 7.27. The van der Waals surface area contributed by atoms with Crippen LogP contribution in [-0.4, -0.2) is 43.5 Å². The van der Waals surface area contributed by atoms with Crippen molar-refractivity contribution < 1.29 is 14.6 Å². The van der Waals surface area contributed by atoms with Crippen molar-refractivity contribution >= 4 is 28.8 Å². The molecule has 0 aliphatic carbocycles. The Hall–Kier alpha value is -3.20. The third-order valence-corrected chi connectivity index (χ3v) is 4.84. The standard InChI is InChI=1S/C23H32N6O3/c1-13(2)19-20-21(29(28-19)14(3)4)22(27-23(26-20)25-11-15(5)30)24-12-17-9-7-8-10-18(17)32-16(6)31/h7-10,13-15,30H,11-12H2,1-6H3,(H2,24,25,26,27). The Morgan fingerprint density at radius 3 is 2.47 bits per heavy atom. The van der Waals surface area contributed by atoms with Gasteiger partial charge in [0.05, 0.1) is 11.8 Å². The number of esters is 1. The SMILES string of the molecule is CC(=O)Oc1ccccc1CNc1nc(NCC(C)O)nc2c(C(C)C)nn(C(C)C)c12. The van der Waals surface area contributed by atoms with Crippen LogP contribution in [0, 0.1) is 0 Å². The van der Waals surface area contributed by atoms with Crippen molar-refractivity contribution in [3.05, 3.63) is 35.5 Å². The highest BCUT2D eigenvalue weighted by molar-refractivity contribution is 5.89. The molecule has 3 aromatic rings. The largest absolute Gasteiger partial charge is 0.426 e. The average molecular weight is 441 g/mol. The number of fused-ring (bicyclic) bond motifs is 1. The zero-order valence-electron chi connectivity index (χ0n) is 19.5. The highest BCUT2D eigenvalue weighted by atomic mass is 16.5. The van der Waals surface area contributed by atoms with Gasteiger partial charge in [0, 0.05) is 31.6 Å². The van der Waals surface area contributed by atoms with Crippen molar-refractivity contribution in [2.75, 3.05) is 17.2 Å². The second-order valence-electron chi connectivity index (χ2n) is 8.46. The van der Waals surface area contributed by atoms with Gasteiger partial charge in [0.25, 0.3) is 0 Å². The summed E-state index contributed by atoms with van der Waals surface area (Å²) in [6, 6.07) is 7.49. The van der Waals surface area contributed by atoms with E-state index < -0.39 is 6.10 Å². The molecular formula is C23H32N6O3. The van der Waals surface area contributed by atoms with Crippen molar-refractivity contribution in [3.63, 3.8) is 0 Å². The first-order valence-electron chi connectivity index (χ1n) is 10.9. The lowest BCUT2D eigenvalue weighted by Gasteiger charge is -2.15. The van der Waals surface area contributed by atoms with Gasteiger partial charge in [0.1, 0.15) is 16.8 Å². The number of aliphatic hydroxyl groups excluding tert-OH is 1. The Bertz CT molecular complexity index is 1090. The van der Waals surface area contributed by atoms with Gasteiger partial charge in [-0.2, -0.15) is 10.1 Å². The van der Waals surface area contributed by atoms with E-state index >= 15 is 0 Å². The van der Waals surface area contributed by atoms with Gasteiger partial charge in [-0.3, -0.25) is 9.48 Å². The first kappa shape index (κ1) is 23.5. The monoisotopic (exact) mass is 440 g/mol. The highest BCUT2D eigenvalue weighted by Crippen LogP contribution is 2.31. The number of carbonyl (C=O) groups is 1. The maximum atomic E-state index is 11.5. The quantitative estimate of drug-likeness (QED) is 0.339. The fourth-order valence-electron chi connectivity index (χ4n) is 3.35. The smallest absolute Gasteiger partial charge is 0.308 e. The summed E-state index contributed by atoms with van der Waals surface area (Å²) >= 11 is 0. The number of hydrogen-bond acceptors (Lipinski definition) is 8.